The number of benzene rings is 4. The maximum Gasteiger partial charge on any atom is 0.264 e. The molecule has 0 bridgehead atoms. The minimum atomic E-state index is -0.195. The van der Waals surface area contributed by atoms with Gasteiger partial charge in [-0.3, -0.25) is 4.79 Å². The summed E-state index contributed by atoms with van der Waals surface area (Å²) >= 11 is 13.6. The number of halogens is 2. The van der Waals surface area contributed by atoms with E-state index in [0.29, 0.717) is 25.9 Å². The second-order valence-corrected chi connectivity index (χ2v) is 9.41. The fourth-order valence-electron chi connectivity index (χ4n) is 3.58. The lowest BCUT2D eigenvalue weighted by atomic mass is 10.0. The summed E-state index contributed by atoms with van der Waals surface area (Å²) in [6, 6.07) is 26.7. The normalized spacial score (nSPS) is 15.8. The van der Waals surface area contributed by atoms with Gasteiger partial charge in [-0.15, -0.1) is 0 Å². The molecule has 0 saturated carbocycles. The van der Waals surface area contributed by atoms with Gasteiger partial charge in [0.1, 0.15) is 12.4 Å². The molecule has 0 aliphatic carbocycles. The molecule has 1 fully saturated rings. The summed E-state index contributed by atoms with van der Waals surface area (Å²) in [7, 11) is 0. The number of fused-ring (bicyclic) bond motifs is 1. The Morgan fingerprint density at radius 2 is 1.74 bits per heavy atom. The van der Waals surface area contributed by atoms with E-state index in [1.54, 1.807) is 12.1 Å². The molecule has 1 aliphatic rings. The van der Waals surface area contributed by atoms with E-state index in [4.69, 9.17) is 27.9 Å². The van der Waals surface area contributed by atoms with E-state index in [1.807, 2.05) is 78.9 Å². The zero-order chi connectivity index (χ0) is 23.5. The van der Waals surface area contributed by atoms with Crippen molar-refractivity contribution in [3.63, 3.8) is 0 Å². The summed E-state index contributed by atoms with van der Waals surface area (Å²) < 4.78 is 6.18. The third kappa shape index (κ3) is 4.97. The van der Waals surface area contributed by atoms with Crippen molar-refractivity contribution in [1.29, 1.82) is 0 Å². The van der Waals surface area contributed by atoms with Gasteiger partial charge in [0.15, 0.2) is 5.17 Å². The van der Waals surface area contributed by atoms with Crippen molar-refractivity contribution in [2.24, 2.45) is 4.99 Å². The number of ether oxygens (including phenoxy) is 1. The van der Waals surface area contributed by atoms with Crippen LogP contribution in [0.2, 0.25) is 10.0 Å². The lowest BCUT2D eigenvalue weighted by Gasteiger charge is -2.13. The Morgan fingerprint density at radius 1 is 0.941 bits per heavy atom. The molecule has 5 rings (SSSR count). The van der Waals surface area contributed by atoms with Gasteiger partial charge in [-0.1, -0.05) is 77.8 Å². The Morgan fingerprint density at radius 3 is 2.56 bits per heavy atom. The number of nitrogens with zero attached hydrogens (tertiary/aromatic N) is 1. The second kappa shape index (κ2) is 9.94. The third-order valence-electron chi connectivity index (χ3n) is 5.24. The molecule has 0 radical (unpaired) electrons. The van der Waals surface area contributed by atoms with Crippen molar-refractivity contribution >= 4 is 68.6 Å². The third-order valence-corrected chi connectivity index (χ3v) is 6.74. The van der Waals surface area contributed by atoms with Crippen molar-refractivity contribution in [1.82, 2.24) is 5.32 Å². The lowest BCUT2D eigenvalue weighted by Crippen LogP contribution is -2.19. The van der Waals surface area contributed by atoms with Gasteiger partial charge >= 0.3 is 0 Å². The van der Waals surface area contributed by atoms with Crippen LogP contribution in [0.1, 0.15) is 11.1 Å². The molecule has 1 heterocycles. The summed E-state index contributed by atoms with van der Waals surface area (Å²) in [5.74, 6) is 0.457. The number of para-hydroxylation sites is 1. The average Bonchev–Trinajstić information content (AvgIpc) is 3.18. The van der Waals surface area contributed by atoms with Crippen LogP contribution in [-0.4, -0.2) is 11.1 Å². The summed E-state index contributed by atoms with van der Waals surface area (Å²) in [6.07, 6.45) is 1.86. The van der Waals surface area contributed by atoms with E-state index in [2.05, 4.69) is 10.3 Å². The van der Waals surface area contributed by atoms with Crippen LogP contribution in [0.4, 0.5) is 5.69 Å². The van der Waals surface area contributed by atoms with Crippen molar-refractivity contribution in [3.05, 3.63) is 111 Å². The number of hydrogen-bond acceptors (Lipinski definition) is 4. The smallest absolute Gasteiger partial charge is 0.264 e. The number of thioether (sulfide) groups is 1. The molecule has 4 nitrogen and oxygen atoms in total. The minimum Gasteiger partial charge on any atom is -0.488 e. The van der Waals surface area contributed by atoms with Crippen LogP contribution >= 0.6 is 35.0 Å². The number of amidine groups is 1. The van der Waals surface area contributed by atoms with Crippen molar-refractivity contribution in [2.75, 3.05) is 0 Å². The zero-order valence-corrected chi connectivity index (χ0v) is 20.1. The highest BCUT2D eigenvalue weighted by atomic mass is 35.5. The van der Waals surface area contributed by atoms with E-state index in [1.165, 1.54) is 11.8 Å². The van der Waals surface area contributed by atoms with E-state index >= 15 is 0 Å². The fraction of sp³-hybridized carbons (Fsp3) is 0.0370. The molecule has 0 atom stereocenters. The number of amides is 1. The largest absolute Gasteiger partial charge is 0.488 e. The van der Waals surface area contributed by atoms with Crippen LogP contribution in [0.5, 0.6) is 5.75 Å². The SMILES string of the molecule is O=C1NC(=Nc2ccccc2)S/C1=C\c1c(OCc2ccc(Cl)cc2Cl)ccc2ccccc12. The van der Waals surface area contributed by atoms with Gasteiger partial charge in [-0.05, 0) is 58.9 Å². The Balaban J connectivity index is 1.49. The summed E-state index contributed by atoms with van der Waals surface area (Å²) in [6.45, 7) is 0.268. The van der Waals surface area contributed by atoms with E-state index < -0.39 is 0 Å². The minimum absolute atomic E-state index is 0.195. The number of carbonyl (C=O) groups is 1. The highest BCUT2D eigenvalue weighted by Crippen LogP contribution is 2.35. The topological polar surface area (TPSA) is 50.7 Å². The number of hydrogen-bond donors (Lipinski definition) is 1. The number of aliphatic imine (C=N–C) groups is 1. The maximum atomic E-state index is 12.7. The van der Waals surface area contributed by atoms with Crippen LogP contribution in [0, 0.1) is 0 Å². The average molecular weight is 505 g/mol. The van der Waals surface area contributed by atoms with Gasteiger partial charge in [-0.25, -0.2) is 4.99 Å². The Labute approximate surface area is 211 Å². The van der Waals surface area contributed by atoms with Crippen LogP contribution in [0.15, 0.2) is 94.8 Å². The van der Waals surface area contributed by atoms with Crippen molar-refractivity contribution in [3.8, 4) is 5.75 Å². The Kier molecular flexibility index (Phi) is 6.59. The Hall–Kier alpha value is -3.25. The molecule has 34 heavy (non-hydrogen) atoms. The number of carbonyl (C=O) groups excluding carboxylic acids is 1. The highest BCUT2D eigenvalue weighted by Gasteiger charge is 2.25. The standard InChI is InChI=1S/C27H18Cl2N2O2S/c28-19-12-10-18(23(29)14-19)16-33-24-13-11-17-6-4-5-9-21(17)22(24)15-25-26(32)31-27(34-25)30-20-7-2-1-3-8-20/h1-15H,16H2,(H,30,31,32)/b25-15-. The summed E-state index contributed by atoms with van der Waals surface area (Å²) in [5, 5.41) is 6.53. The first-order chi connectivity index (χ1) is 16.6. The van der Waals surface area contributed by atoms with E-state index in [0.717, 1.165) is 27.6 Å². The summed E-state index contributed by atoms with van der Waals surface area (Å²) in [4.78, 5) is 17.8. The molecule has 1 N–H and O–H groups in total. The molecule has 4 aromatic carbocycles. The molecule has 4 aromatic rings. The van der Waals surface area contributed by atoms with Gasteiger partial charge in [0.05, 0.1) is 10.6 Å². The molecular formula is C27H18Cl2N2O2S. The van der Waals surface area contributed by atoms with Crippen LogP contribution in [0.25, 0.3) is 16.8 Å². The molecule has 1 saturated heterocycles. The van der Waals surface area contributed by atoms with Crippen LogP contribution in [0.3, 0.4) is 0 Å². The lowest BCUT2D eigenvalue weighted by molar-refractivity contribution is -0.115. The predicted octanol–water partition coefficient (Wildman–Crippen LogP) is 7.62. The van der Waals surface area contributed by atoms with Crippen LogP contribution < -0.4 is 10.1 Å². The summed E-state index contributed by atoms with van der Waals surface area (Å²) in [5.41, 5.74) is 2.42. The molecular weight excluding hydrogens is 487 g/mol. The molecule has 0 unspecified atom stereocenters. The maximum absolute atomic E-state index is 12.7. The molecule has 168 valence electrons. The number of rotatable bonds is 5. The van der Waals surface area contributed by atoms with E-state index in [9.17, 15) is 4.79 Å². The molecule has 1 aliphatic heterocycles. The highest BCUT2D eigenvalue weighted by molar-refractivity contribution is 8.18. The van der Waals surface area contributed by atoms with E-state index in [-0.39, 0.29) is 12.5 Å². The first kappa shape index (κ1) is 22.5. The van der Waals surface area contributed by atoms with Gasteiger partial charge in [-0.2, -0.15) is 0 Å². The second-order valence-electron chi connectivity index (χ2n) is 7.54. The molecule has 1 amide bonds. The van der Waals surface area contributed by atoms with Crippen LogP contribution in [-0.2, 0) is 11.4 Å². The molecule has 0 spiro atoms. The number of nitrogens with one attached hydrogen (secondary N) is 1. The van der Waals surface area contributed by atoms with Gasteiger partial charge < -0.3 is 10.1 Å². The van der Waals surface area contributed by atoms with Gasteiger partial charge in [0.25, 0.3) is 5.91 Å². The molecule has 0 aromatic heterocycles. The monoisotopic (exact) mass is 504 g/mol. The zero-order valence-electron chi connectivity index (χ0n) is 17.8. The fourth-order valence-corrected chi connectivity index (χ4v) is 4.86. The first-order valence-corrected chi connectivity index (χ1v) is 12.1. The van der Waals surface area contributed by atoms with Gasteiger partial charge in [0.2, 0.25) is 0 Å². The quantitative estimate of drug-likeness (QED) is 0.284. The van der Waals surface area contributed by atoms with Gasteiger partial charge in [0, 0.05) is 21.2 Å². The first-order valence-electron chi connectivity index (χ1n) is 10.5. The van der Waals surface area contributed by atoms with Crippen molar-refractivity contribution in [2.45, 2.75) is 6.61 Å². The Bertz CT molecular complexity index is 1450. The predicted molar refractivity (Wildman–Crippen MR) is 142 cm³/mol. The van der Waals surface area contributed by atoms with Crippen molar-refractivity contribution < 1.29 is 9.53 Å². The molecule has 7 heteroatoms.